The first kappa shape index (κ1) is 16.8. The van der Waals surface area contributed by atoms with Crippen molar-refractivity contribution in [1.29, 1.82) is 0 Å². The zero-order valence-electron chi connectivity index (χ0n) is 13.9. The van der Waals surface area contributed by atoms with Crippen molar-refractivity contribution >= 4 is 34.9 Å². The van der Waals surface area contributed by atoms with Crippen molar-refractivity contribution < 1.29 is 14.7 Å². The van der Waals surface area contributed by atoms with Gasteiger partial charge >= 0.3 is 5.97 Å². The number of halogens is 1. The Morgan fingerprint density at radius 1 is 1.19 bits per heavy atom. The number of benzene rings is 2. The van der Waals surface area contributed by atoms with Crippen LogP contribution in [-0.2, 0) is 9.59 Å². The molecule has 1 aliphatic heterocycles. The molecular weight excluding hydrogens is 352 g/mol. The second kappa shape index (κ2) is 6.57. The maximum absolute atomic E-state index is 13.1. The molecule has 1 atom stereocenters. The third-order valence-electron chi connectivity index (χ3n) is 4.70. The summed E-state index contributed by atoms with van der Waals surface area (Å²) >= 11 is 6.21. The molecule has 132 valence electrons. The molecule has 0 bridgehead atoms. The van der Waals surface area contributed by atoms with Crippen molar-refractivity contribution in [2.75, 3.05) is 11.4 Å². The number of carboxylic acids is 1. The quantitative estimate of drug-likeness (QED) is 0.899. The van der Waals surface area contributed by atoms with Crippen molar-refractivity contribution in [3.05, 3.63) is 64.7 Å². The van der Waals surface area contributed by atoms with E-state index in [2.05, 4.69) is 0 Å². The number of nitrogens with zero attached hydrogens (tertiary/aromatic N) is 2. The van der Waals surface area contributed by atoms with Gasteiger partial charge in [-0.1, -0.05) is 41.9 Å². The number of hydrogen-bond donors (Lipinski definition) is 1. The van der Waals surface area contributed by atoms with Crippen LogP contribution >= 0.6 is 11.6 Å². The summed E-state index contributed by atoms with van der Waals surface area (Å²) in [4.78, 5) is 30.6. The monoisotopic (exact) mass is 368 g/mol. The molecule has 0 spiro atoms. The topological polar surface area (TPSA) is 70.0 Å². The van der Waals surface area contributed by atoms with Gasteiger partial charge in [-0.15, -0.1) is 0 Å². The fraction of sp³-hybridized carbons (Fsp3) is 0.250. The highest BCUT2D eigenvalue weighted by atomic mass is 35.5. The first-order chi connectivity index (χ1) is 12.5. The lowest BCUT2D eigenvalue weighted by molar-refractivity contribution is -0.136. The molecule has 1 N–H and O–H groups in total. The van der Waals surface area contributed by atoms with E-state index < -0.39 is 18.6 Å². The number of rotatable bonds is 4. The van der Waals surface area contributed by atoms with Gasteiger partial charge in [-0.05, 0) is 37.0 Å². The van der Waals surface area contributed by atoms with E-state index in [0.717, 1.165) is 18.4 Å². The van der Waals surface area contributed by atoms with Crippen molar-refractivity contribution in [2.45, 2.75) is 18.9 Å². The lowest BCUT2D eigenvalue weighted by Gasteiger charge is -2.23. The average molecular weight is 369 g/mol. The van der Waals surface area contributed by atoms with Crippen LogP contribution in [-0.4, -0.2) is 35.3 Å². The minimum Gasteiger partial charge on any atom is -0.480 e. The van der Waals surface area contributed by atoms with Crippen LogP contribution in [0.25, 0.3) is 0 Å². The molecule has 0 aromatic heterocycles. The summed E-state index contributed by atoms with van der Waals surface area (Å²) in [5, 5.41) is 9.84. The number of carboxylic acid groups (broad SMARTS) is 1. The molecule has 2 aromatic carbocycles. The van der Waals surface area contributed by atoms with Gasteiger partial charge in [0.1, 0.15) is 12.6 Å². The van der Waals surface area contributed by atoms with Crippen molar-refractivity contribution in [3.8, 4) is 0 Å². The zero-order valence-corrected chi connectivity index (χ0v) is 14.7. The Morgan fingerprint density at radius 2 is 1.92 bits per heavy atom. The molecule has 1 unspecified atom stereocenters. The van der Waals surface area contributed by atoms with Crippen LogP contribution < -0.4 is 4.90 Å². The Kier molecular flexibility index (Phi) is 4.24. The predicted molar refractivity (Wildman–Crippen MR) is 100 cm³/mol. The molecule has 1 amide bonds. The van der Waals surface area contributed by atoms with Crippen LogP contribution in [0, 0.1) is 5.92 Å². The molecule has 26 heavy (non-hydrogen) atoms. The van der Waals surface area contributed by atoms with E-state index >= 15 is 0 Å². The Hall–Kier alpha value is -2.66. The van der Waals surface area contributed by atoms with E-state index in [0.29, 0.717) is 22.0 Å². The number of anilines is 1. The van der Waals surface area contributed by atoms with Gasteiger partial charge < -0.3 is 5.11 Å². The minimum absolute atomic E-state index is 0.169. The number of fused-ring (bicyclic) bond motifs is 1. The summed E-state index contributed by atoms with van der Waals surface area (Å²) in [7, 11) is 0. The van der Waals surface area contributed by atoms with Gasteiger partial charge in [0.2, 0.25) is 0 Å². The molecule has 0 radical (unpaired) electrons. The highest BCUT2D eigenvalue weighted by Gasteiger charge is 2.42. The van der Waals surface area contributed by atoms with Gasteiger partial charge in [-0.3, -0.25) is 19.5 Å². The Morgan fingerprint density at radius 3 is 2.58 bits per heavy atom. The smallest absolute Gasteiger partial charge is 0.323 e. The van der Waals surface area contributed by atoms with Crippen LogP contribution in [0.1, 0.15) is 24.0 Å². The summed E-state index contributed by atoms with van der Waals surface area (Å²) in [6, 6.07) is 14.2. The third kappa shape index (κ3) is 3.10. The van der Waals surface area contributed by atoms with E-state index in [-0.39, 0.29) is 11.8 Å². The van der Waals surface area contributed by atoms with Crippen molar-refractivity contribution in [1.82, 2.24) is 0 Å². The molecule has 4 rings (SSSR count). The van der Waals surface area contributed by atoms with Crippen LogP contribution in [0.5, 0.6) is 0 Å². The summed E-state index contributed by atoms with van der Waals surface area (Å²) in [5.41, 5.74) is 2.78. The standard InChI is InChI=1S/C20H17ClN2O3/c21-14-8-9-16-15(10-14)18(12-4-2-1-3-5-12)22-19(13-6-7-13)20(26)23(16)11-17(24)25/h1-5,8-10,13,19H,6-7,11H2,(H,24,25). The van der Waals surface area contributed by atoms with Gasteiger partial charge in [-0.2, -0.15) is 0 Å². The number of benzodiazepines with no additional fused rings is 1. The Balaban J connectivity index is 1.94. The minimum atomic E-state index is -1.06. The molecule has 0 saturated heterocycles. The van der Waals surface area contributed by atoms with Gasteiger partial charge in [0, 0.05) is 16.1 Å². The molecule has 1 fully saturated rings. The molecule has 6 heteroatoms. The number of carbonyl (C=O) groups is 2. The first-order valence-electron chi connectivity index (χ1n) is 8.51. The van der Waals surface area contributed by atoms with E-state index in [9.17, 15) is 14.7 Å². The average Bonchev–Trinajstić information content (AvgIpc) is 3.46. The van der Waals surface area contributed by atoms with E-state index in [1.165, 1.54) is 4.90 Å². The molecule has 2 aromatic rings. The number of aliphatic carboxylic acids is 1. The Labute approximate surface area is 155 Å². The van der Waals surface area contributed by atoms with Crippen LogP contribution in [0.2, 0.25) is 5.02 Å². The Bertz CT molecular complexity index is 907. The summed E-state index contributed by atoms with van der Waals surface area (Å²) in [6.45, 7) is -0.395. The van der Waals surface area contributed by atoms with Crippen molar-refractivity contribution in [2.24, 2.45) is 10.9 Å². The lowest BCUT2D eigenvalue weighted by Crippen LogP contribution is -2.42. The van der Waals surface area contributed by atoms with Gasteiger partial charge in [0.25, 0.3) is 5.91 Å². The first-order valence-corrected chi connectivity index (χ1v) is 8.88. The lowest BCUT2D eigenvalue weighted by atomic mass is 10.00. The predicted octanol–water partition coefficient (Wildman–Crippen LogP) is 3.39. The van der Waals surface area contributed by atoms with Crippen molar-refractivity contribution in [3.63, 3.8) is 0 Å². The highest BCUT2D eigenvalue weighted by Crippen LogP contribution is 2.39. The van der Waals surface area contributed by atoms with Gasteiger partial charge in [0.05, 0.1) is 11.4 Å². The fourth-order valence-electron chi connectivity index (χ4n) is 3.32. The second-order valence-corrected chi connectivity index (χ2v) is 7.04. The third-order valence-corrected chi connectivity index (χ3v) is 4.94. The molecule has 1 saturated carbocycles. The summed E-state index contributed by atoms with van der Waals surface area (Å²) < 4.78 is 0. The number of aliphatic imine (C=N–C) groups is 1. The van der Waals surface area contributed by atoms with Gasteiger partial charge in [0.15, 0.2) is 0 Å². The molecule has 2 aliphatic rings. The maximum Gasteiger partial charge on any atom is 0.323 e. The molecule has 1 aliphatic carbocycles. The zero-order chi connectivity index (χ0) is 18.3. The molecule has 5 nitrogen and oxygen atoms in total. The summed E-state index contributed by atoms with van der Waals surface area (Å²) in [6.07, 6.45) is 1.86. The fourth-order valence-corrected chi connectivity index (χ4v) is 3.49. The number of amides is 1. The van der Waals surface area contributed by atoms with E-state index in [4.69, 9.17) is 16.6 Å². The number of carbonyl (C=O) groups excluding carboxylic acids is 1. The second-order valence-electron chi connectivity index (χ2n) is 6.61. The van der Waals surface area contributed by atoms with E-state index in [1.807, 2.05) is 30.3 Å². The largest absolute Gasteiger partial charge is 0.480 e. The maximum atomic E-state index is 13.1. The van der Waals surface area contributed by atoms with Crippen LogP contribution in [0.4, 0.5) is 5.69 Å². The number of hydrogen-bond acceptors (Lipinski definition) is 3. The van der Waals surface area contributed by atoms with Crippen LogP contribution in [0.3, 0.4) is 0 Å². The van der Waals surface area contributed by atoms with Gasteiger partial charge in [-0.25, -0.2) is 0 Å². The highest BCUT2D eigenvalue weighted by molar-refractivity contribution is 6.32. The SMILES string of the molecule is O=C(O)CN1C(=O)C(C2CC2)N=C(c2ccccc2)c2cc(Cl)ccc21. The molecule has 1 heterocycles. The normalized spacial score (nSPS) is 19.6. The molecular formula is C20H17ClN2O3. The van der Waals surface area contributed by atoms with E-state index in [1.54, 1.807) is 18.2 Å². The van der Waals surface area contributed by atoms with Crippen LogP contribution in [0.15, 0.2) is 53.5 Å². The summed E-state index contributed by atoms with van der Waals surface area (Å²) in [5.74, 6) is -1.15.